The number of nitrogens with one attached hydrogen (secondary N) is 2. The van der Waals surface area contributed by atoms with Gasteiger partial charge in [0.1, 0.15) is 5.56 Å². The highest BCUT2D eigenvalue weighted by molar-refractivity contribution is 5.99. The molecule has 0 aliphatic heterocycles. The fourth-order valence-electron chi connectivity index (χ4n) is 1.87. The first-order valence-electron chi connectivity index (χ1n) is 7.16. The summed E-state index contributed by atoms with van der Waals surface area (Å²) in [6.07, 6.45) is 1.65. The third-order valence-electron chi connectivity index (χ3n) is 2.97. The number of carboxylic acid groups (broad SMARTS) is 1. The van der Waals surface area contributed by atoms with Gasteiger partial charge in [-0.1, -0.05) is 0 Å². The second-order valence-electron chi connectivity index (χ2n) is 5.64. The van der Waals surface area contributed by atoms with Gasteiger partial charge in [-0.15, -0.1) is 0 Å². The molecule has 0 radical (unpaired) electrons. The Labute approximate surface area is 134 Å². The van der Waals surface area contributed by atoms with E-state index in [1.807, 2.05) is 0 Å². The summed E-state index contributed by atoms with van der Waals surface area (Å²) >= 11 is 0. The highest BCUT2D eigenvalue weighted by Gasteiger charge is 2.24. The first-order chi connectivity index (χ1) is 10.6. The van der Waals surface area contributed by atoms with Gasteiger partial charge in [0.05, 0.1) is 6.61 Å². The van der Waals surface area contributed by atoms with Gasteiger partial charge in [-0.3, -0.25) is 14.8 Å². The molecule has 0 aliphatic rings. The number of ether oxygens (including phenoxy) is 1. The minimum absolute atomic E-state index is 0.0645. The van der Waals surface area contributed by atoms with Gasteiger partial charge in [0, 0.05) is 25.2 Å². The van der Waals surface area contributed by atoms with Crippen molar-refractivity contribution in [3.05, 3.63) is 11.8 Å². The third kappa shape index (κ3) is 5.97. The van der Waals surface area contributed by atoms with E-state index in [4.69, 9.17) is 9.84 Å². The summed E-state index contributed by atoms with van der Waals surface area (Å²) in [4.78, 5) is 34.5. The molecule has 1 aromatic rings. The summed E-state index contributed by atoms with van der Waals surface area (Å²) < 4.78 is 6.29. The number of amides is 2. The Kier molecular flexibility index (Phi) is 6.11. The number of carbonyl (C=O) groups is 3. The maximum Gasteiger partial charge on any atom is 0.343 e. The predicted octanol–water partition coefficient (Wildman–Crippen LogP) is 1.36. The lowest BCUT2D eigenvalue weighted by molar-refractivity contribution is -0.137. The fourth-order valence-corrected chi connectivity index (χ4v) is 1.87. The molecule has 0 aromatic carbocycles. The van der Waals surface area contributed by atoms with E-state index in [0.29, 0.717) is 0 Å². The predicted molar refractivity (Wildman–Crippen MR) is 82.3 cm³/mol. The second-order valence-corrected chi connectivity index (χ2v) is 5.64. The van der Waals surface area contributed by atoms with Gasteiger partial charge in [-0.2, -0.15) is 5.10 Å². The Bertz CT molecular complexity index is 594. The maximum absolute atomic E-state index is 12.0. The van der Waals surface area contributed by atoms with Gasteiger partial charge < -0.3 is 15.2 Å². The number of aliphatic carboxylic acids is 1. The molecule has 0 atom stereocenters. The summed E-state index contributed by atoms with van der Waals surface area (Å²) in [7, 11) is 1.61. The van der Waals surface area contributed by atoms with E-state index in [2.05, 4.69) is 15.7 Å². The van der Waals surface area contributed by atoms with Crippen molar-refractivity contribution in [2.45, 2.75) is 39.2 Å². The van der Waals surface area contributed by atoms with Crippen LogP contribution in [0.5, 0.6) is 0 Å². The van der Waals surface area contributed by atoms with Gasteiger partial charge in [-0.05, 0) is 27.2 Å². The van der Waals surface area contributed by atoms with Crippen LogP contribution in [-0.2, 0) is 16.6 Å². The lowest BCUT2D eigenvalue weighted by atomic mass is 9.99. The SMILES string of the molecule is CCOC(=O)c1cn(C)nc1NC(=O)NC(C)(C)CCC(=O)O. The highest BCUT2D eigenvalue weighted by Crippen LogP contribution is 2.15. The molecular weight excluding hydrogens is 304 g/mol. The molecule has 9 nitrogen and oxygen atoms in total. The topological polar surface area (TPSA) is 123 Å². The fraction of sp³-hybridized carbons (Fsp3) is 0.571. The molecule has 0 unspecified atom stereocenters. The van der Waals surface area contributed by atoms with Crippen LogP contribution in [0, 0.1) is 0 Å². The molecule has 0 aliphatic carbocycles. The monoisotopic (exact) mass is 326 g/mol. The van der Waals surface area contributed by atoms with Crippen molar-refractivity contribution in [3.63, 3.8) is 0 Å². The van der Waals surface area contributed by atoms with Crippen LogP contribution in [0.3, 0.4) is 0 Å². The van der Waals surface area contributed by atoms with E-state index in [1.165, 1.54) is 10.9 Å². The van der Waals surface area contributed by atoms with E-state index in [1.54, 1.807) is 27.8 Å². The van der Waals surface area contributed by atoms with Crippen molar-refractivity contribution < 1.29 is 24.2 Å². The number of anilines is 1. The molecule has 0 spiro atoms. The first kappa shape index (κ1) is 18.5. The van der Waals surface area contributed by atoms with Gasteiger partial charge in [0.15, 0.2) is 5.82 Å². The van der Waals surface area contributed by atoms with Gasteiger partial charge in [-0.25, -0.2) is 9.59 Å². The van der Waals surface area contributed by atoms with Crippen molar-refractivity contribution >= 4 is 23.8 Å². The molecule has 0 fully saturated rings. The van der Waals surface area contributed by atoms with Gasteiger partial charge in [0.2, 0.25) is 0 Å². The van der Waals surface area contributed by atoms with Crippen LogP contribution in [0.25, 0.3) is 0 Å². The average molecular weight is 326 g/mol. The van der Waals surface area contributed by atoms with Crippen LogP contribution in [0.2, 0.25) is 0 Å². The number of carboxylic acids is 1. The Balaban J connectivity index is 2.74. The van der Waals surface area contributed by atoms with Crippen LogP contribution in [0.4, 0.5) is 10.6 Å². The zero-order valence-corrected chi connectivity index (χ0v) is 13.7. The zero-order valence-electron chi connectivity index (χ0n) is 13.7. The zero-order chi connectivity index (χ0) is 17.6. The Morgan fingerprint density at radius 2 is 2.04 bits per heavy atom. The number of aryl methyl sites for hydroxylation is 1. The van der Waals surface area contributed by atoms with E-state index >= 15 is 0 Å². The molecular formula is C14H22N4O5. The van der Waals surface area contributed by atoms with Crippen LogP contribution < -0.4 is 10.6 Å². The standard InChI is InChI=1S/C14H22N4O5/c1-5-23-12(21)9-8-18(4)17-11(9)15-13(22)16-14(2,3)7-6-10(19)20/h8H,5-7H2,1-4H3,(H,19,20)(H2,15,16,17,22). The number of aromatic nitrogens is 2. The van der Waals surface area contributed by atoms with E-state index in [-0.39, 0.29) is 30.8 Å². The molecule has 1 rings (SSSR count). The molecule has 3 N–H and O–H groups in total. The van der Waals surface area contributed by atoms with Gasteiger partial charge >= 0.3 is 18.0 Å². The van der Waals surface area contributed by atoms with E-state index in [0.717, 1.165) is 0 Å². The molecule has 128 valence electrons. The van der Waals surface area contributed by atoms with Gasteiger partial charge in [0.25, 0.3) is 0 Å². The van der Waals surface area contributed by atoms with Crippen LogP contribution in [-0.4, -0.2) is 45.0 Å². The van der Waals surface area contributed by atoms with Crippen LogP contribution >= 0.6 is 0 Å². The molecule has 9 heteroatoms. The number of carbonyl (C=O) groups excluding carboxylic acids is 2. The van der Waals surface area contributed by atoms with Crippen LogP contribution in [0.1, 0.15) is 44.0 Å². The summed E-state index contributed by atoms with van der Waals surface area (Å²) in [5.74, 6) is -1.44. The van der Waals surface area contributed by atoms with E-state index < -0.39 is 23.5 Å². The largest absolute Gasteiger partial charge is 0.481 e. The number of esters is 1. The molecule has 23 heavy (non-hydrogen) atoms. The molecule has 1 aromatic heterocycles. The number of hydrogen-bond donors (Lipinski definition) is 3. The Morgan fingerprint density at radius 1 is 1.39 bits per heavy atom. The normalized spacial score (nSPS) is 11.0. The van der Waals surface area contributed by atoms with Crippen LogP contribution in [0.15, 0.2) is 6.20 Å². The minimum atomic E-state index is -0.936. The number of urea groups is 1. The average Bonchev–Trinajstić information content (AvgIpc) is 2.77. The van der Waals surface area contributed by atoms with Crippen molar-refractivity contribution in [2.75, 3.05) is 11.9 Å². The second kappa shape index (κ2) is 7.61. The number of hydrogen-bond acceptors (Lipinski definition) is 5. The molecule has 1 heterocycles. The smallest absolute Gasteiger partial charge is 0.343 e. The van der Waals surface area contributed by atoms with Crippen molar-refractivity contribution in [1.82, 2.24) is 15.1 Å². The molecule has 0 saturated heterocycles. The first-order valence-corrected chi connectivity index (χ1v) is 7.16. The molecule has 0 saturated carbocycles. The number of nitrogens with zero attached hydrogens (tertiary/aromatic N) is 2. The summed E-state index contributed by atoms with van der Waals surface area (Å²) in [6, 6.07) is -0.579. The van der Waals surface area contributed by atoms with Crippen molar-refractivity contribution in [1.29, 1.82) is 0 Å². The molecule has 0 bridgehead atoms. The van der Waals surface area contributed by atoms with Crippen molar-refractivity contribution in [2.24, 2.45) is 7.05 Å². The Morgan fingerprint density at radius 3 is 2.61 bits per heavy atom. The Hall–Kier alpha value is -2.58. The highest BCUT2D eigenvalue weighted by atomic mass is 16.5. The minimum Gasteiger partial charge on any atom is -0.481 e. The lowest BCUT2D eigenvalue weighted by Crippen LogP contribution is -2.46. The van der Waals surface area contributed by atoms with E-state index in [9.17, 15) is 14.4 Å². The lowest BCUT2D eigenvalue weighted by Gasteiger charge is -2.25. The summed E-state index contributed by atoms with van der Waals surface area (Å²) in [5, 5.41) is 17.8. The summed E-state index contributed by atoms with van der Waals surface area (Å²) in [5.41, 5.74) is -0.575. The summed E-state index contributed by atoms with van der Waals surface area (Å²) in [6.45, 7) is 5.31. The quantitative estimate of drug-likeness (QED) is 0.650. The maximum atomic E-state index is 12.0. The number of rotatable bonds is 7. The molecule has 2 amide bonds. The third-order valence-corrected chi connectivity index (χ3v) is 2.97. The van der Waals surface area contributed by atoms with Crippen molar-refractivity contribution in [3.8, 4) is 0 Å².